The standard InChI is InChI=1S/C23H18F2N6O2S/c1-13-22(34-12-28-13)19-7-21(18(25)9-27-19)33-17-10-30(11-17)23(32)31-20(2-3-29-31)15-4-14(8-26)5-16(24)6-15/h3-7,9,12,17,20H,2,10-11H2,1H3. The van der Waals surface area contributed by atoms with E-state index in [1.54, 1.807) is 17.8 Å². The molecule has 5 rings (SSSR count). The first kappa shape index (κ1) is 21.9. The molecular weight excluding hydrogens is 462 g/mol. The molecule has 4 heterocycles. The van der Waals surface area contributed by atoms with Gasteiger partial charge in [-0.2, -0.15) is 10.4 Å². The summed E-state index contributed by atoms with van der Waals surface area (Å²) in [7, 11) is 0. The number of carbonyl (C=O) groups is 1. The number of nitriles is 1. The van der Waals surface area contributed by atoms with E-state index in [-0.39, 0.29) is 36.5 Å². The Morgan fingerprint density at radius 3 is 2.79 bits per heavy atom. The number of carbonyl (C=O) groups excluding carboxylic acids is 1. The summed E-state index contributed by atoms with van der Waals surface area (Å²) >= 11 is 1.41. The Morgan fingerprint density at radius 1 is 1.24 bits per heavy atom. The zero-order chi connectivity index (χ0) is 23.8. The molecule has 0 N–H and O–H groups in total. The van der Waals surface area contributed by atoms with Crippen LogP contribution < -0.4 is 4.74 Å². The highest BCUT2D eigenvalue weighted by molar-refractivity contribution is 7.13. The minimum absolute atomic E-state index is 0.0655. The van der Waals surface area contributed by atoms with E-state index in [0.717, 1.165) is 22.8 Å². The van der Waals surface area contributed by atoms with E-state index < -0.39 is 17.7 Å². The van der Waals surface area contributed by atoms with Crippen LogP contribution >= 0.6 is 11.3 Å². The van der Waals surface area contributed by atoms with Crippen LogP contribution in [0.1, 0.15) is 29.3 Å². The average molecular weight is 481 g/mol. The Balaban J connectivity index is 1.25. The first-order valence-electron chi connectivity index (χ1n) is 10.5. The predicted molar refractivity (Wildman–Crippen MR) is 120 cm³/mol. The minimum Gasteiger partial charge on any atom is -0.483 e. The van der Waals surface area contributed by atoms with E-state index >= 15 is 0 Å². The first-order chi connectivity index (χ1) is 16.4. The second-order valence-corrected chi connectivity index (χ2v) is 8.83. The van der Waals surface area contributed by atoms with Crippen molar-refractivity contribution in [2.24, 2.45) is 5.10 Å². The molecule has 0 aliphatic carbocycles. The van der Waals surface area contributed by atoms with Gasteiger partial charge in [0.1, 0.15) is 11.9 Å². The van der Waals surface area contributed by atoms with Gasteiger partial charge in [0.25, 0.3) is 0 Å². The number of nitrogens with zero attached hydrogens (tertiary/aromatic N) is 6. The Labute approximate surface area is 197 Å². The molecule has 1 saturated heterocycles. The smallest absolute Gasteiger partial charge is 0.341 e. The highest BCUT2D eigenvalue weighted by atomic mass is 32.1. The van der Waals surface area contributed by atoms with Crippen molar-refractivity contribution in [2.45, 2.75) is 25.5 Å². The lowest BCUT2D eigenvalue weighted by molar-refractivity contribution is 0.0257. The summed E-state index contributed by atoms with van der Waals surface area (Å²) in [6, 6.07) is 6.59. The number of aromatic nitrogens is 2. The molecule has 172 valence electrons. The number of aryl methyl sites for hydroxylation is 1. The quantitative estimate of drug-likeness (QED) is 0.556. The van der Waals surface area contributed by atoms with Crippen molar-refractivity contribution in [3.8, 4) is 22.4 Å². The Hall–Kier alpha value is -3.91. The minimum atomic E-state index is -0.584. The van der Waals surface area contributed by atoms with E-state index in [1.807, 2.05) is 13.0 Å². The molecule has 0 spiro atoms. The molecule has 1 aromatic carbocycles. The van der Waals surface area contributed by atoms with Crippen molar-refractivity contribution in [3.63, 3.8) is 0 Å². The monoisotopic (exact) mass is 480 g/mol. The van der Waals surface area contributed by atoms with Crippen LogP contribution in [0.15, 0.2) is 41.1 Å². The number of thiazole rings is 1. The maximum Gasteiger partial charge on any atom is 0.341 e. The Morgan fingerprint density at radius 2 is 2.06 bits per heavy atom. The maximum absolute atomic E-state index is 14.3. The van der Waals surface area contributed by atoms with Gasteiger partial charge >= 0.3 is 6.03 Å². The zero-order valence-corrected chi connectivity index (χ0v) is 18.8. The van der Waals surface area contributed by atoms with Crippen molar-refractivity contribution in [3.05, 3.63) is 64.4 Å². The second-order valence-electron chi connectivity index (χ2n) is 7.97. The Kier molecular flexibility index (Phi) is 5.67. The molecule has 2 aromatic heterocycles. The second kappa shape index (κ2) is 8.79. The van der Waals surface area contributed by atoms with Crippen LogP contribution in [-0.2, 0) is 0 Å². The summed E-state index contributed by atoms with van der Waals surface area (Å²) in [4.78, 5) is 23.7. The summed E-state index contributed by atoms with van der Waals surface area (Å²) < 4.78 is 34.0. The number of amides is 2. The lowest BCUT2D eigenvalue weighted by Crippen LogP contribution is -2.58. The SMILES string of the molecule is Cc1ncsc1-c1cc(OC2CN(C(=O)N3N=CCC3c3cc(F)cc(C#N)c3)C2)c(F)cn1. The van der Waals surface area contributed by atoms with Crippen LogP contribution in [0.3, 0.4) is 0 Å². The number of urea groups is 1. The summed E-state index contributed by atoms with van der Waals surface area (Å²) in [5.74, 6) is -1.06. The summed E-state index contributed by atoms with van der Waals surface area (Å²) in [5.41, 5.74) is 3.76. The van der Waals surface area contributed by atoms with Gasteiger partial charge in [-0.1, -0.05) is 0 Å². The number of likely N-dealkylation sites (tertiary alicyclic amines) is 1. The van der Waals surface area contributed by atoms with Gasteiger partial charge in [-0.15, -0.1) is 11.3 Å². The van der Waals surface area contributed by atoms with E-state index in [2.05, 4.69) is 15.1 Å². The van der Waals surface area contributed by atoms with E-state index in [0.29, 0.717) is 17.7 Å². The first-order valence-corrected chi connectivity index (χ1v) is 11.3. The van der Waals surface area contributed by atoms with E-state index in [4.69, 9.17) is 10.00 Å². The number of pyridine rings is 1. The highest BCUT2D eigenvalue weighted by Gasteiger charge is 2.39. The number of hydrazone groups is 1. The zero-order valence-electron chi connectivity index (χ0n) is 18.0. The lowest BCUT2D eigenvalue weighted by atomic mass is 10.0. The van der Waals surface area contributed by atoms with Gasteiger partial charge in [0.15, 0.2) is 11.6 Å². The summed E-state index contributed by atoms with van der Waals surface area (Å²) in [5, 5.41) is 14.5. The predicted octanol–water partition coefficient (Wildman–Crippen LogP) is 4.28. The number of rotatable bonds is 4. The van der Waals surface area contributed by atoms with Gasteiger partial charge in [-0.3, -0.25) is 4.98 Å². The van der Waals surface area contributed by atoms with E-state index in [1.165, 1.54) is 33.4 Å². The van der Waals surface area contributed by atoms with E-state index in [9.17, 15) is 13.6 Å². The largest absolute Gasteiger partial charge is 0.483 e. The van der Waals surface area contributed by atoms with Gasteiger partial charge in [-0.05, 0) is 30.7 Å². The van der Waals surface area contributed by atoms with Crippen molar-refractivity contribution in [1.82, 2.24) is 19.9 Å². The fraction of sp³-hybridized carbons (Fsp3) is 0.261. The fourth-order valence-corrected chi connectivity index (χ4v) is 4.69. The number of hydrogen-bond acceptors (Lipinski definition) is 7. The van der Waals surface area contributed by atoms with Crippen LogP contribution in [0.25, 0.3) is 10.6 Å². The molecule has 0 radical (unpaired) electrons. The van der Waals surface area contributed by atoms with Gasteiger partial charge < -0.3 is 9.64 Å². The number of benzene rings is 1. The van der Waals surface area contributed by atoms with Crippen molar-refractivity contribution in [1.29, 1.82) is 5.26 Å². The molecule has 8 nitrogen and oxygen atoms in total. The summed E-state index contributed by atoms with van der Waals surface area (Å²) in [6.45, 7) is 2.35. The number of hydrogen-bond donors (Lipinski definition) is 0. The van der Waals surface area contributed by atoms with Gasteiger partial charge in [0, 0.05) is 18.7 Å². The molecule has 0 bridgehead atoms. The molecule has 1 fully saturated rings. The molecule has 2 aliphatic heterocycles. The summed E-state index contributed by atoms with van der Waals surface area (Å²) in [6.07, 6.45) is 2.72. The third-order valence-electron chi connectivity index (χ3n) is 5.67. The van der Waals surface area contributed by atoms with Crippen LogP contribution in [-0.4, -0.2) is 51.3 Å². The van der Waals surface area contributed by atoms with Crippen LogP contribution in [0.5, 0.6) is 5.75 Å². The molecule has 1 unspecified atom stereocenters. The normalized spacial score (nSPS) is 17.5. The molecule has 0 saturated carbocycles. The molecule has 3 aromatic rings. The maximum atomic E-state index is 14.3. The van der Waals surface area contributed by atoms with Crippen LogP contribution in [0.4, 0.5) is 13.6 Å². The Bertz CT molecular complexity index is 1330. The van der Waals surface area contributed by atoms with Crippen LogP contribution in [0.2, 0.25) is 0 Å². The third kappa shape index (κ3) is 4.08. The topological polar surface area (TPSA) is 94.7 Å². The molecular formula is C23H18F2N6O2S. The average Bonchev–Trinajstić information content (AvgIpc) is 3.45. The number of ether oxygens (including phenoxy) is 1. The van der Waals surface area contributed by atoms with Crippen LogP contribution in [0, 0.1) is 29.9 Å². The number of halogens is 2. The van der Waals surface area contributed by atoms with Gasteiger partial charge in [0.2, 0.25) is 0 Å². The van der Waals surface area contributed by atoms with Gasteiger partial charge in [-0.25, -0.2) is 23.6 Å². The molecule has 11 heteroatoms. The molecule has 2 amide bonds. The highest BCUT2D eigenvalue weighted by Crippen LogP contribution is 2.33. The van der Waals surface area contributed by atoms with Crippen molar-refractivity contribution in [2.75, 3.05) is 13.1 Å². The van der Waals surface area contributed by atoms with Gasteiger partial charge in [0.05, 0.1) is 58.7 Å². The molecule has 34 heavy (non-hydrogen) atoms. The van der Waals surface area contributed by atoms with Crippen molar-refractivity contribution >= 4 is 23.6 Å². The molecule has 1 atom stereocenters. The fourth-order valence-electron chi connectivity index (χ4n) is 3.92. The lowest BCUT2D eigenvalue weighted by Gasteiger charge is -2.41. The van der Waals surface area contributed by atoms with Crippen molar-refractivity contribution < 1.29 is 18.3 Å². The molecule has 2 aliphatic rings. The third-order valence-corrected chi connectivity index (χ3v) is 6.62.